The zero-order chi connectivity index (χ0) is 22.2. The maximum Gasteiger partial charge on any atom is 0.268 e. The van der Waals surface area contributed by atoms with Gasteiger partial charge in [-0.2, -0.15) is 0 Å². The predicted octanol–water partition coefficient (Wildman–Crippen LogP) is 2.71. The first-order chi connectivity index (χ1) is 15.0. The van der Waals surface area contributed by atoms with Crippen LogP contribution < -0.4 is 10.8 Å². The van der Waals surface area contributed by atoms with Gasteiger partial charge in [-0.1, -0.05) is 49.2 Å². The Hall–Kier alpha value is -2.74. The van der Waals surface area contributed by atoms with Crippen LogP contribution in [0.5, 0.6) is 0 Å². The number of amides is 2. The molecule has 2 amide bonds. The molecule has 1 aliphatic heterocycles. The van der Waals surface area contributed by atoms with E-state index in [1.807, 2.05) is 12.1 Å². The van der Waals surface area contributed by atoms with Crippen LogP contribution in [0.3, 0.4) is 0 Å². The SMILES string of the molecule is C[C@@H](O)[C@H](NC(=O)c1ccc(-c2ccc(CN3CCCCCC3)cc2)cc1)C(=O)NO. The minimum absolute atomic E-state index is 0.359. The van der Waals surface area contributed by atoms with Crippen LogP contribution in [0, 0.1) is 0 Å². The summed E-state index contributed by atoms with van der Waals surface area (Å²) >= 11 is 0. The first-order valence-corrected chi connectivity index (χ1v) is 10.8. The maximum absolute atomic E-state index is 12.4. The molecule has 0 aliphatic carbocycles. The van der Waals surface area contributed by atoms with Gasteiger partial charge in [-0.05, 0) is 61.7 Å². The number of hydrogen-bond donors (Lipinski definition) is 4. The summed E-state index contributed by atoms with van der Waals surface area (Å²) in [5, 5.41) is 20.8. The normalized spacial score (nSPS) is 16.7. The molecule has 0 spiro atoms. The van der Waals surface area contributed by atoms with Gasteiger partial charge in [-0.3, -0.25) is 19.7 Å². The lowest BCUT2D eigenvalue weighted by Gasteiger charge is -2.20. The fourth-order valence-electron chi connectivity index (χ4n) is 3.87. The summed E-state index contributed by atoms with van der Waals surface area (Å²) in [6, 6.07) is 14.3. The van der Waals surface area contributed by atoms with E-state index in [0.29, 0.717) is 5.56 Å². The lowest BCUT2D eigenvalue weighted by Crippen LogP contribution is -2.51. The topological polar surface area (TPSA) is 102 Å². The van der Waals surface area contributed by atoms with E-state index in [4.69, 9.17) is 5.21 Å². The van der Waals surface area contributed by atoms with Crippen molar-refractivity contribution in [1.29, 1.82) is 0 Å². The average molecular weight is 426 g/mol. The molecule has 1 heterocycles. The molecule has 7 nitrogen and oxygen atoms in total. The number of rotatable bonds is 7. The first-order valence-electron chi connectivity index (χ1n) is 10.8. The minimum atomic E-state index is -1.24. The summed E-state index contributed by atoms with van der Waals surface area (Å²) < 4.78 is 0. The molecule has 4 N–H and O–H groups in total. The minimum Gasteiger partial charge on any atom is -0.391 e. The third-order valence-corrected chi connectivity index (χ3v) is 5.70. The number of likely N-dealkylation sites (tertiary alicyclic amines) is 1. The van der Waals surface area contributed by atoms with Gasteiger partial charge in [-0.25, -0.2) is 5.48 Å². The third-order valence-electron chi connectivity index (χ3n) is 5.70. The van der Waals surface area contributed by atoms with Crippen LogP contribution in [-0.4, -0.2) is 52.3 Å². The summed E-state index contributed by atoms with van der Waals surface area (Å²) in [5.41, 5.74) is 5.16. The molecule has 7 heteroatoms. The number of nitrogens with zero attached hydrogens (tertiary/aromatic N) is 1. The molecule has 0 bridgehead atoms. The third kappa shape index (κ3) is 6.37. The molecule has 31 heavy (non-hydrogen) atoms. The molecule has 0 unspecified atom stereocenters. The quantitative estimate of drug-likeness (QED) is 0.404. The Bertz CT molecular complexity index is 857. The second-order valence-electron chi connectivity index (χ2n) is 8.13. The summed E-state index contributed by atoms with van der Waals surface area (Å²) in [6.07, 6.45) is 4.07. The summed E-state index contributed by atoms with van der Waals surface area (Å²) in [5.74, 6) is -1.38. The zero-order valence-corrected chi connectivity index (χ0v) is 17.9. The van der Waals surface area contributed by atoms with Gasteiger partial charge in [0.2, 0.25) is 0 Å². The molecule has 1 saturated heterocycles. The molecule has 0 radical (unpaired) electrons. The summed E-state index contributed by atoms with van der Waals surface area (Å²) in [7, 11) is 0. The lowest BCUT2D eigenvalue weighted by atomic mass is 10.0. The van der Waals surface area contributed by atoms with Gasteiger partial charge in [0.1, 0.15) is 6.04 Å². The Morgan fingerprint density at radius 3 is 2.00 bits per heavy atom. The van der Waals surface area contributed by atoms with E-state index < -0.39 is 24.0 Å². The van der Waals surface area contributed by atoms with Crippen LogP contribution in [-0.2, 0) is 11.3 Å². The smallest absolute Gasteiger partial charge is 0.268 e. The Labute approximate surface area is 183 Å². The van der Waals surface area contributed by atoms with E-state index in [1.54, 1.807) is 12.1 Å². The summed E-state index contributed by atoms with van der Waals surface area (Å²) in [6.45, 7) is 4.67. The van der Waals surface area contributed by atoms with E-state index in [9.17, 15) is 14.7 Å². The van der Waals surface area contributed by atoms with Gasteiger partial charge in [0.25, 0.3) is 11.8 Å². The summed E-state index contributed by atoms with van der Waals surface area (Å²) in [4.78, 5) is 26.5. The Morgan fingerprint density at radius 2 is 1.48 bits per heavy atom. The van der Waals surface area contributed by atoms with Crippen molar-refractivity contribution in [1.82, 2.24) is 15.7 Å². The van der Waals surface area contributed by atoms with Crippen LogP contribution >= 0.6 is 0 Å². The Balaban J connectivity index is 1.62. The number of benzene rings is 2. The highest BCUT2D eigenvalue weighted by Gasteiger charge is 2.25. The Morgan fingerprint density at radius 1 is 0.935 bits per heavy atom. The van der Waals surface area contributed by atoms with E-state index in [0.717, 1.165) is 17.7 Å². The zero-order valence-electron chi connectivity index (χ0n) is 17.9. The number of carbonyl (C=O) groups excluding carboxylic acids is 2. The molecule has 1 aliphatic rings. The fourth-order valence-corrected chi connectivity index (χ4v) is 3.87. The molecule has 2 atom stereocenters. The standard InChI is InChI=1S/C24H31N3O4/c1-17(28)22(24(30)26-31)25-23(29)21-12-10-20(11-13-21)19-8-6-18(7-9-19)16-27-14-4-2-3-5-15-27/h6-13,17,22,28,31H,2-5,14-16H2,1H3,(H,25,29)(H,26,30)/t17-,22+/m1/s1. The highest BCUT2D eigenvalue weighted by molar-refractivity contribution is 5.97. The highest BCUT2D eigenvalue weighted by Crippen LogP contribution is 2.22. The van der Waals surface area contributed by atoms with E-state index in [-0.39, 0.29) is 0 Å². The van der Waals surface area contributed by atoms with Gasteiger partial charge in [-0.15, -0.1) is 0 Å². The van der Waals surface area contributed by atoms with Crippen LogP contribution in [0.4, 0.5) is 0 Å². The van der Waals surface area contributed by atoms with Gasteiger partial charge >= 0.3 is 0 Å². The maximum atomic E-state index is 12.4. The molecular formula is C24H31N3O4. The van der Waals surface area contributed by atoms with Crippen LogP contribution in [0.25, 0.3) is 11.1 Å². The Kier molecular flexibility index (Phi) is 8.17. The second kappa shape index (κ2) is 11.0. The molecule has 1 fully saturated rings. The number of nitrogens with one attached hydrogen (secondary N) is 2. The van der Waals surface area contributed by atoms with Gasteiger partial charge < -0.3 is 10.4 Å². The van der Waals surface area contributed by atoms with Gasteiger partial charge in [0.05, 0.1) is 6.10 Å². The van der Waals surface area contributed by atoms with Crippen molar-refractivity contribution >= 4 is 11.8 Å². The number of carbonyl (C=O) groups is 2. The fraction of sp³-hybridized carbons (Fsp3) is 0.417. The number of hydroxylamine groups is 1. The van der Waals surface area contributed by atoms with Crippen molar-refractivity contribution in [3.63, 3.8) is 0 Å². The monoisotopic (exact) mass is 425 g/mol. The predicted molar refractivity (Wildman–Crippen MR) is 118 cm³/mol. The van der Waals surface area contributed by atoms with E-state index >= 15 is 0 Å². The van der Waals surface area contributed by atoms with Crippen LogP contribution in [0.2, 0.25) is 0 Å². The van der Waals surface area contributed by atoms with Crippen molar-refractivity contribution in [3.8, 4) is 11.1 Å². The van der Waals surface area contributed by atoms with Crippen molar-refractivity contribution < 1.29 is 19.9 Å². The molecular weight excluding hydrogens is 394 g/mol. The molecule has 0 aromatic heterocycles. The van der Waals surface area contributed by atoms with Crippen molar-refractivity contribution in [2.24, 2.45) is 0 Å². The number of aliphatic hydroxyl groups excluding tert-OH is 1. The number of hydrogen-bond acceptors (Lipinski definition) is 5. The largest absolute Gasteiger partial charge is 0.391 e. The molecule has 2 aromatic carbocycles. The van der Waals surface area contributed by atoms with Crippen molar-refractivity contribution in [3.05, 3.63) is 59.7 Å². The van der Waals surface area contributed by atoms with Crippen molar-refractivity contribution in [2.75, 3.05) is 13.1 Å². The van der Waals surface area contributed by atoms with Crippen LogP contribution in [0.1, 0.15) is 48.5 Å². The molecule has 2 aromatic rings. The number of aliphatic hydroxyl groups is 1. The van der Waals surface area contributed by atoms with Crippen LogP contribution in [0.15, 0.2) is 48.5 Å². The molecule has 3 rings (SSSR count). The lowest BCUT2D eigenvalue weighted by molar-refractivity contribution is -0.133. The van der Waals surface area contributed by atoms with Gasteiger partial charge in [0.15, 0.2) is 0 Å². The molecule has 166 valence electrons. The van der Waals surface area contributed by atoms with E-state index in [1.165, 1.54) is 56.7 Å². The van der Waals surface area contributed by atoms with Gasteiger partial charge in [0, 0.05) is 12.1 Å². The molecule has 0 saturated carbocycles. The average Bonchev–Trinajstić information content (AvgIpc) is 3.06. The first kappa shape index (κ1) is 22.9. The second-order valence-corrected chi connectivity index (χ2v) is 8.13. The van der Waals surface area contributed by atoms with Crippen molar-refractivity contribution in [2.45, 2.75) is 51.3 Å². The highest BCUT2D eigenvalue weighted by atomic mass is 16.5. The van der Waals surface area contributed by atoms with E-state index in [2.05, 4.69) is 34.5 Å².